The summed E-state index contributed by atoms with van der Waals surface area (Å²) in [6.45, 7) is 14.4. The van der Waals surface area contributed by atoms with E-state index in [0.717, 1.165) is 32.0 Å². The van der Waals surface area contributed by atoms with Crippen LogP contribution in [-0.2, 0) is 18.9 Å². The van der Waals surface area contributed by atoms with E-state index in [0.29, 0.717) is 45.6 Å². The van der Waals surface area contributed by atoms with E-state index in [1.807, 2.05) is 0 Å². The van der Waals surface area contributed by atoms with Crippen molar-refractivity contribution in [1.29, 1.82) is 0 Å². The lowest BCUT2D eigenvalue weighted by atomic mass is 10.1. The van der Waals surface area contributed by atoms with Gasteiger partial charge in [0.1, 0.15) is 0 Å². The molecule has 128 valence electrons. The Morgan fingerprint density at radius 1 is 0.476 bits per heavy atom. The first-order valence-corrected chi connectivity index (χ1v) is 8.44. The van der Waals surface area contributed by atoms with Gasteiger partial charge in [-0.2, -0.15) is 0 Å². The minimum Gasteiger partial charge on any atom is -0.379 e. The molecular weight excluding hydrogens is 268 g/mol. The third-order valence-electron chi connectivity index (χ3n) is 3.03. The second kappa shape index (κ2) is 16.2. The maximum atomic E-state index is 5.49. The molecule has 0 fully saturated rings. The van der Waals surface area contributed by atoms with Crippen LogP contribution in [-0.4, -0.2) is 52.9 Å². The van der Waals surface area contributed by atoms with Gasteiger partial charge in [0, 0.05) is 13.2 Å². The van der Waals surface area contributed by atoms with E-state index in [1.54, 1.807) is 0 Å². The molecule has 0 spiro atoms. The lowest BCUT2D eigenvalue weighted by Gasteiger charge is -2.08. The van der Waals surface area contributed by atoms with Crippen molar-refractivity contribution in [3.05, 3.63) is 0 Å². The molecule has 0 aromatic rings. The first-order chi connectivity index (χ1) is 10.1. The van der Waals surface area contributed by atoms with Crippen LogP contribution >= 0.6 is 0 Å². The molecule has 0 aliphatic heterocycles. The molecule has 0 bridgehead atoms. The van der Waals surface area contributed by atoms with Gasteiger partial charge in [-0.25, -0.2) is 0 Å². The van der Waals surface area contributed by atoms with Gasteiger partial charge in [0.2, 0.25) is 0 Å². The average molecular weight is 304 g/mol. The first kappa shape index (κ1) is 20.8. The van der Waals surface area contributed by atoms with E-state index < -0.39 is 0 Å². The fraction of sp³-hybridized carbons (Fsp3) is 1.00. The van der Waals surface area contributed by atoms with E-state index in [4.69, 9.17) is 18.9 Å². The lowest BCUT2D eigenvalue weighted by Crippen LogP contribution is -2.12. The fourth-order valence-electron chi connectivity index (χ4n) is 1.67. The molecule has 0 aromatic carbocycles. The van der Waals surface area contributed by atoms with Crippen LogP contribution in [0.25, 0.3) is 0 Å². The molecule has 0 rings (SSSR count). The third kappa shape index (κ3) is 19.8. The van der Waals surface area contributed by atoms with Crippen LogP contribution in [0.2, 0.25) is 0 Å². The molecule has 0 unspecified atom stereocenters. The zero-order valence-corrected chi connectivity index (χ0v) is 14.6. The first-order valence-electron chi connectivity index (χ1n) is 8.44. The fourth-order valence-corrected chi connectivity index (χ4v) is 1.67. The van der Waals surface area contributed by atoms with Crippen molar-refractivity contribution < 1.29 is 18.9 Å². The lowest BCUT2D eigenvalue weighted by molar-refractivity contribution is -0.00318. The van der Waals surface area contributed by atoms with E-state index in [9.17, 15) is 0 Å². The summed E-state index contributed by atoms with van der Waals surface area (Å²) < 4.78 is 21.8. The van der Waals surface area contributed by atoms with Gasteiger partial charge in [0.25, 0.3) is 0 Å². The van der Waals surface area contributed by atoms with Gasteiger partial charge >= 0.3 is 0 Å². The zero-order chi connectivity index (χ0) is 15.8. The van der Waals surface area contributed by atoms with E-state index in [1.165, 1.54) is 6.42 Å². The topological polar surface area (TPSA) is 36.9 Å². The highest BCUT2D eigenvalue weighted by molar-refractivity contribution is 4.45. The van der Waals surface area contributed by atoms with Crippen LogP contribution in [0.15, 0.2) is 0 Å². The molecule has 0 amide bonds. The highest BCUT2D eigenvalue weighted by atomic mass is 16.6. The van der Waals surface area contributed by atoms with Crippen molar-refractivity contribution in [2.45, 2.75) is 47.0 Å². The van der Waals surface area contributed by atoms with E-state index >= 15 is 0 Å². The minimum atomic E-state index is 0.626. The predicted molar refractivity (Wildman–Crippen MR) is 86.8 cm³/mol. The number of hydrogen-bond acceptors (Lipinski definition) is 4. The molecular formula is C17H36O4. The van der Waals surface area contributed by atoms with Crippen LogP contribution in [0.1, 0.15) is 47.0 Å². The predicted octanol–water partition coefficient (Wildman–Crippen LogP) is 3.54. The Hall–Kier alpha value is -0.160. The summed E-state index contributed by atoms with van der Waals surface area (Å²) in [7, 11) is 0. The Balaban J connectivity index is 2.96. The molecule has 4 heteroatoms. The number of ether oxygens (including phenoxy) is 4. The molecule has 0 aromatic heterocycles. The van der Waals surface area contributed by atoms with Crippen LogP contribution in [0.5, 0.6) is 0 Å². The Morgan fingerprint density at radius 2 is 0.857 bits per heavy atom. The van der Waals surface area contributed by atoms with Gasteiger partial charge < -0.3 is 18.9 Å². The molecule has 0 saturated carbocycles. The Labute approximate surface area is 131 Å². The quantitative estimate of drug-likeness (QED) is 0.409. The monoisotopic (exact) mass is 304 g/mol. The second-order valence-corrected chi connectivity index (χ2v) is 6.17. The molecule has 0 radical (unpaired) electrons. The van der Waals surface area contributed by atoms with Crippen molar-refractivity contribution in [3.8, 4) is 0 Å². The highest BCUT2D eigenvalue weighted by Gasteiger charge is 1.96. The van der Waals surface area contributed by atoms with Crippen LogP contribution in [0, 0.1) is 11.8 Å². The maximum absolute atomic E-state index is 5.49. The highest BCUT2D eigenvalue weighted by Crippen LogP contribution is 2.02. The standard InChI is InChI=1S/C17H36O4/c1-16(2)6-5-8-18-10-12-20-14-15-21-13-11-19-9-7-17(3)4/h16-17H,5-15H2,1-4H3. The third-order valence-corrected chi connectivity index (χ3v) is 3.03. The summed E-state index contributed by atoms with van der Waals surface area (Å²) in [5, 5.41) is 0. The summed E-state index contributed by atoms with van der Waals surface area (Å²) in [5.41, 5.74) is 0. The minimum absolute atomic E-state index is 0.626. The molecule has 21 heavy (non-hydrogen) atoms. The summed E-state index contributed by atoms with van der Waals surface area (Å²) in [5.74, 6) is 1.46. The summed E-state index contributed by atoms with van der Waals surface area (Å²) in [6.07, 6.45) is 3.48. The molecule has 0 aliphatic carbocycles. The molecule has 0 N–H and O–H groups in total. The average Bonchev–Trinajstić information content (AvgIpc) is 2.42. The SMILES string of the molecule is CC(C)CCCOCCOCCOCCOCCC(C)C. The summed E-state index contributed by atoms with van der Waals surface area (Å²) in [6, 6.07) is 0. The second-order valence-electron chi connectivity index (χ2n) is 6.17. The number of hydrogen-bond donors (Lipinski definition) is 0. The molecule has 4 nitrogen and oxygen atoms in total. The molecule has 0 aliphatic rings. The maximum Gasteiger partial charge on any atom is 0.0701 e. The van der Waals surface area contributed by atoms with E-state index in [2.05, 4.69) is 27.7 Å². The Morgan fingerprint density at radius 3 is 1.29 bits per heavy atom. The Kier molecular flexibility index (Phi) is 16.1. The van der Waals surface area contributed by atoms with Crippen molar-refractivity contribution in [2.75, 3.05) is 52.9 Å². The van der Waals surface area contributed by atoms with Gasteiger partial charge in [0.05, 0.1) is 39.6 Å². The molecule has 0 saturated heterocycles. The van der Waals surface area contributed by atoms with Crippen molar-refractivity contribution in [1.82, 2.24) is 0 Å². The molecule has 0 heterocycles. The largest absolute Gasteiger partial charge is 0.379 e. The number of rotatable bonds is 16. The summed E-state index contributed by atoms with van der Waals surface area (Å²) >= 11 is 0. The van der Waals surface area contributed by atoms with E-state index in [-0.39, 0.29) is 0 Å². The van der Waals surface area contributed by atoms with Gasteiger partial charge in [-0.3, -0.25) is 0 Å². The Bertz CT molecular complexity index is 175. The smallest absolute Gasteiger partial charge is 0.0701 e. The normalized spacial score (nSPS) is 11.7. The van der Waals surface area contributed by atoms with Gasteiger partial charge in [0.15, 0.2) is 0 Å². The van der Waals surface area contributed by atoms with Crippen molar-refractivity contribution in [2.24, 2.45) is 11.8 Å². The van der Waals surface area contributed by atoms with Crippen molar-refractivity contribution in [3.63, 3.8) is 0 Å². The van der Waals surface area contributed by atoms with Crippen LogP contribution in [0.3, 0.4) is 0 Å². The zero-order valence-electron chi connectivity index (χ0n) is 14.6. The van der Waals surface area contributed by atoms with Gasteiger partial charge in [-0.1, -0.05) is 27.7 Å². The molecule has 0 atom stereocenters. The summed E-state index contributed by atoms with van der Waals surface area (Å²) in [4.78, 5) is 0. The van der Waals surface area contributed by atoms with Crippen molar-refractivity contribution >= 4 is 0 Å². The van der Waals surface area contributed by atoms with Gasteiger partial charge in [-0.05, 0) is 31.1 Å². The van der Waals surface area contributed by atoms with Crippen LogP contribution in [0.4, 0.5) is 0 Å². The van der Waals surface area contributed by atoms with Gasteiger partial charge in [-0.15, -0.1) is 0 Å². The van der Waals surface area contributed by atoms with Crippen LogP contribution < -0.4 is 0 Å².